The van der Waals surface area contributed by atoms with Gasteiger partial charge in [-0.3, -0.25) is 9.59 Å². The monoisotopic (exact) mass is 385 g/mol. The smallest absolute Gasteiger partial charge is 0.359 e. The van der Waals surface area contributed by atoms with Crippen molar-refractivity contribution in [3.63, 3.8) is 0 Å². The number of aryl methyl sites for hydroxylation is 1. The zero-order chi connectivity index (χ0) is 20.5. The van der Waals surface area contributed by atoms with Gasteiger partial charge in [0.1, 0.15) is 7.85 Å². The number of nitrogens with one attached hydrogen (secondary N) is 3. The van der Waals surface area contributed by atoms with Crippen LogP contribution in [0, 0.1) is 6.92 Å². The number of amides is 2. The Labute approximate surface area is 159 Å². The van der Waals surface area contributed by atoms with Crippen molar-refractivity contribution in [2.45, 2.75) is 19.6 Å². The molecule has 2 amide bonds. The fraction of sp³-hybridized carbons (Fsp3) is 0.158. The van der Waals surface area contributed by atoms with Crippen LogP contribution in [0.1, 0.15) is 16.7 Å². The predicted molar refractivity (Wildman–Crippen MR) is 100 cm³/mol. The van der Waals surface area contributed by atoms with Gasteiger partial charge in [0, 0.05) is 23.6 Å². The maximum Gasteiger partial charge on any atom is 0.416 e. The van der Waals surface area contributed by atoms with Gasteiger partial charge in [-0.15, -0.1) is 0 Å². The van der Waals surface area contributed by atoms with Gasteiger partial charge < -0.3 is 15.6 Å². The number of aromatic nitrogens is 1. The number of carbonyl (C=O) groups is 2. The van der Waals surface area contributed by atoms with Crippen molar-refractivity contribution in [3.8, 4) is 0 Å². The Kier molecular flexibility index (Phi) is 5.17. The van der Waals surface area contributed by atoms with Crippen molar-refractivity contribution in [2.24, 2.45) is 0 Å². The maximum atomic E-state index is 12.8. The van der Waals surface area contributed by atoms with Crippen LogP contribution in [-0.4, -0.2) is 24.6 Å². The molecule has 3 aromatic rings. The molecule has 0 saturated heterocycles. The number of carbonyl (C=O) groups excluding carboxylic acids is 2. The second-order valence-corrected chi connectivity index (χ2v) is 6.29. The van der Waals surface area contributed by atoms with Crippen LogP contribution in [0.2, 0.25) is 0 Å². The Morgan fingerprint density at radius 3 is 2.54 bits per heavy atom. The molecule has 1 aromatic heterocycles. The van der Waals surface area contributed by atoms with E-state index in [0.29, 0.717) is 22.1 Å². The molecule has 3 rings (SSSR count). The molecule has 9 heteroatoms. The van der Waals surface area contributed by atoms with Crippen molar-refractivity contribution >= 4 is 41.7 Å². The molecule has 3 N–H and O–H groups in total. The Bertz CT molecular complexity index is 1060. The van der Waals surface area contributed by atoms with E-state index in [9.17, 15) is 22.8 Å². The largest absolute Gasteiger partial charge is 0.416 e. The van der Waals surface area contributed by atoms with Crippen molar-refractivity contribution in [1.82, 2.24) is 10.3 Å². The number of H-pyrrole nitrogens is 1. The highest BCUT2D eigenvalue weighted by molar-refractivity contribution is 6.40. The summed E-state index contributed by atoms with van der Waals surface area (Å²) in [7, 11) is 5.73. The first-order valence-electron chi connectivity index (χ1n) is 8.27. The van der Waals surface area contributed by atoms with Gasteiger partial charge in [0.25, 0.3) is 0 Å². The third kappa shape index (κ3) is 4.19. The average Bonchev–Trinajstić information content (AvgIpc) is 3.00. The number of alkyl halides is 3. The zero-order valence-electron chi connectivity index (χ0n) is 14.8. The van der Waals surface area contributed by atoms with E-state index >= 15 is 0 Å². The highest BCUT2D eigenvalue weighted by Gasteiger charge is 2.32. The molecular formula is C19H15BF3N3O2. The molecule has 0 fully saturated rings. The van der Waals surface area contributed by atoms with Gasteiger partial charge in [-0.1, -0.05) is 29.7 Å². The van der Waals surface area contributed by atoms with Gasteiger partial charge in [0.05, 0.1) is 11.3 Å². The number of aromatic amines is 1. The van der Waals surface area contributed by atoms with E-state index in [1.54, 1.807) is 18.2 Å². The summed E-state index contributed by atoms with van der Waals surface area (Å²) >= 11 is 0. The summed E-state index contributed by atoms with van der Waals surface area (Å²) in [6.45, 7) is 1.26. The highest BCUT2D eigenvalue weighted by Crippen LogP contribution is 2.32. The highest BCUT2D eigenvalue weighted by atomic mass is 19.4. The van der Waals surface area contributed by atoms with Gasteiger partial charge in [0.2, 0.25) is 0 Å². The number of hydrogen-bond donors (Lipinski definition) is 3. The molecule has 5 nitrogen and oxygen atoms in total. The lowest BCUT2D eigenvalue weighted by Crippen LogP contribution is -2.35. The summed E-state index contributed by atoms with van der Waals surface area (Å²) < 4.78 is 38.4. The lowest BCUT2D eigenvalue weighted by Gasteiger charge is -2.12. The van der Waals surface area contributed by atoms with Gasteiger partial charge in [-0.2, -0.15) is 13.2 Å². The van der Waals surface area contributed by atoms with Gasteiger partial charge in [-0.25, -0.2) is 0 Å². The minimum absolute atomic E-state index is 0.0417. The van der Waals surface area contributed by atoms with Crippen LogP contribution in [0.25, 0.3) is 10.9 Å². The molecule has 28 heavy (non-hydrogen) atoms. The fourth-order valence-corrected chi connectivity index (χ4v) is 2.84. The van der Waals surface area contributed by atoms with Crippen LogP contribution in [0.15, 0.2) is 42.6 Å². The van der Waals surface area contributed by atoms with E-state index in [-0.39, 0.29) is 12.1 Å². The normalized spacial score (nSPS) is 11.4. The second kappa shape index (κ2) is 7.42. The molecule has 0 aliphatic carbocycles. The molecule has 142 valence electrons. The Balaban J connectivity index is 1.64. The van der Waals surface area contributed by atoms with E-state index in [2.05, 4.69) is 15.6 Å². The first-order chi connectivity index (χ1) is 13.1. The minimum Gasteiger partial charge on any atom is -0.359 e. The molecule has 1 heterocycles. The molecule has 0 saturated carbocycles. The minimum atomic E-state index is -4.44. The second-order valence-electron chi connectivity index (χ2n) is 6.29. The number of hydrogen-bond acceptors (Lipinski definition) is 2. The van der Waals surface area contributed by atoms with Gasteiger partial charge >= 0.3 is 18.0 Å². The van der Waals surface area contributed by atoms with Crippen LogP contribution in [0.5, 0.6) is 0 Å². The Morgan fingerprint density at radius 1 is 1.11 bits per heavy atom. The summed E-state index contributed by atoms with van der Waals surface area (Å²) in [5.41, 5.74) is 1.40. The summed E-state index contributed by atoms with van der Waals surface area (Å²) in [4.78, 5) is 27.1. The fourth-order valence-electron chi connectivity index (χ4n) is 2.84. The molecule has 0 atom stereocenters. The zero-order valence-corrected chi connectivity index (χ0v) is 14.8. The summed E-state index contributed by atoms with van der Waals surface area (Å²) in [6, 6.07) is 8.63. The molecule has 0 aliphatic heterocycles. The number of anilines is 1. The van der Waals surface area contributed by atoms with Gasteiger partial charge in [-0.05, 0) is 30.2 Å². The lowest BCUT2D eigenvalue weighted by atomic mass is 9.95. The van der Waals surface area contributed by atoms with E-state index in [1.807, 2.05) is 0 Å². The SMILES string of the molecule is [B]c1ccc2[nH]cc(NC(=O)C(=O)NCc3ccc(C(F)(F)F)c(C)c3)c2c1. The van der Waals surface area contributed by atoms with E-state index in [4.69, 9.17) is 7.85 Å². The van der Waals surface area contributed by atoms with Crippen molar-refractivity contribution in [2.75, 3.05) is 5.32 Å². The molecule has 0 aliphatic rings. The Hall–Kier alpha value is -3.23. The summed E-state index contributed by atoms with van der Waals surface area (Å²) in [6.07, 6.45) is -2.90. The predicted octanol–water partition coefficient (Wildman–Crippen LogP) is 2.54. The van der Waals surface area contributed by atoms with Crippen LogP contribution in [0.4, 0.5) is 18.9 Å². The van der Waals surface area contributed by atoms with Gasteiger partial charge in [0.15, 0.2) is 0 Å². The molecule has 0 bridgehead atoms. The Morgan fingerprint density at radius 2 is 1.86 bits per heavy atom. The number of rotatable bonds is 3. The molecule has 0 unspecified atom stereocenters. The van der Waals surface area contributed by atoms with Crippen LogP contribution < -0.4 is 16.1 Å². The first-order valence-corrected chi connectivity index (χ1v) is 8.27. The molecule has 2 aromatic carbocycles. The third-order valence-corrected chi connectivity index (χ3v) is 4.21. The standard InChI is InChI=1S/C19H15BF3N3O2/c1-10-6-11(2-4-14(10)19(21,22)23)8-25-17(27)18(28)26-16-9-24-15-5-3-12(20)7-13(15)16/h2-7,9,24H,8H2,1H3,(H,25,27)(H,26,28). The lowest BCUT2D eigenvalue weighted by molar-refractivity contribution is -0.138. The van der Waals surface area contributed by atoms with Crippen molar-refractivity contribution in [3.05, 3.63) is 59.3 Å². The third-order valence-electron chi connectivity index (χ3n) is 4.21. The number of fused-ring (bicyclic) bond motifs is 1. The van der Waals surface area contributed by atoms with Crippen molar-refractivity contribution < 1.29 is 22.8 Å². The summed E-state index contributed by atoms with van der Waals surface area (Å²) in [5.74, 6) is -1.80. The first kappa shape index (κ1) is 19.5. The van der Waals surface area contributed by atoms with Crippen LogP contribution >= 0.6 is 0 Å². The van der Waals surface area contributed by atoms with E-state index < -0.39 is 23.6 Å². The van der Waals surface area contributed by atoms with E-state index in [1.165, 1.54) is 25.3 Å². The average molecular weight is 385 g/mol. The maximum absolute atomic E-state index is 12.8. The van der Waals surface area contributed by atoms with Crippen LogP contribution in [-0.2, 0) is 22.3 Å². The molecule has 0 spiro atoms. The van der Waals surface area contributed by atoms with E-state index in [0.717, 1.165) is 11.6 Å². The number of benzene rings is 2. The molecule has 2 radical (unpaired) electrons. The number of halogens is 3. The topological polar surface area (TPSA) is 74.0 Å². The quantitative estimate of drug-likeness (QED) is 0.479. The molecular weight excluding hydrogens is 370 g/mol. The van der Waals surface area contributed by atoms with Crippen molar-refractivity contribution in [1.29, 1.82) is 0 Å². The summed E-state index contributed by atoms with van der Waals surface area (Å²) in [5, 5.41) is 5.52. The van der Waals surface area contributed by atoms with Crippen LogP contribution in [0.3, 0.4) is 0 Å².